The minimum Gasteiger partial charge on any atom is -0.396 e. The van der Waals surface area contributed by atoms with Crippen molar-refractivity contribution in [2.45, 2.75) is 25.6 Å². The first-order chi connectivity index (χ1) is 12.1. The molecule has 0 saturated carbocycles. The largest absolute Gasteiger partial charge is 0.396 e. The van der Waals surface area contributed by atoms with E-state index in [2.05, 4.69) is 16.3 Å². The van der Waals surface area contributed by atoms with Crippen LogP contribution < -0.4 is 0 Å². The average molecular weight is 370 g/mol. The quantitative estimate of drug-likeness (QED) is 0.791. The molecule has 0 amide bonds. The van der Waals surface area contributed by atoms with Crippen LogP contribution in [0.2, 0.25) is 0 Å². The minimum atomic E-state index is -1.11. The van der Waals surface area contributed by atoms with Crippen molar-refractivity contribution in [3.8, 4) is 0 Å². The second-order valence-corrected chi connectivity index (χ2v) is 7.11. The summed E-state index contributed by atoms with van der Waals surface area (Å²) in [6.45, 7) is 2.84. The van der Waals surface area contributed by atoms with E-state index in [1.54, 1.807) is 11.3 Å². The second-order valence-electron chi connectivity index (χ2n) is 6.33. The van der Waals surface area contributed by atoms with Crippen LogP contribution in [-0.2, 0) is 13.1 Å². The zero-order valence-electron chi connectivity index (χ0n) is 13.8. The number of aliphatic hydroxyl groups excluding tert-OH is 1. The standard InChI is InChI=1S/C18H21F3N2OS/c19-16-1-2-17(20)18(21)15(16)11-22-5-6-23(14(10-22)3-7-24)9-13-4-8-25-12-13/h1-2,4,8,12,14,24H,3,5-7,9-11H2/t14-/m0/s1. The third-order valence-corrected chi connectivity index (χ3v) is 5.37. The number of benzene rings is 1. The maximum absolute atomic E-state index is 13.9. The van der Waals surface area contributed by atoms with Crippen LogP contribution in [0.15, 0.2) is 29.0 Å². The third kappa shape index (κ3) is 4.41. The third-order valence-electron chi connectivity index (χ3n) is 4.64. The van der Waals surface area contributed by atoms with Crippen molar-refractivity contribution in [3.63, 3.8) is 0 Å². The zero-order chi connectivity index (χ0) is 17.8. The molecule has 1 N–H and O–H groups in total. The summed E-state index contributed by atoms with van der Waals surface area (Å²) < 4.78 is 41.2. The number of hydrogen-bond acceptors (Lipinski definition) is 4. The molecule has 0 unspecified atom stereocenters. The SMILES string of the molecule is OCC[C@H]1CN(Cc2c(F)ccc(F)c2F)CCN1Cc1ccsc1. The van der Waals surface area contributed by atoms with Gasteiger partial charge in [0.15, 0.2) is 11.6 Å². The van der Waals surface area contributed by atoms with Gasteiger partial charge in [-0.25, -0.2) is 13.2 Å². The van der Waals surface area contributed by atoms with Crippen LogP contribution in [0, 0.1) is 17.5 Å². The van der Waals surface area contributed by atoms with E-state index in [1.165, 1.54) is 5.56 Å². The maximum atomic E-state index is 13.9. The van der Waals surface area contributed by atoms with Crippen molar-refractivity contribution >= 4 is 11.3 Å². The van der Waals surface area contributed by atoms with Gasteiger partial charge in [-0.2, -0.15) is 11.3 Å². The molecule has 1 saturated heterocycles. The molecule has 2 heterocycles. The van der Waals surface area contributed by atoms with E-state index >= 15 is 0 Å². The van der Waals surface area contributed by atoms with Crippen molar-refractivity contribution in [1.29, 1.82) is 0 Å². The molecule has 1 aromatic heterocycles. The highest BCUT2D eigenvalue weighted by Crippen LogP contribution is 2.22. The Labute approximate surface area is 149 Å². The van der Waals surface area contributed by atoms with Gasteiger partial charge in [0.1, 0.15) is 5.82 Å². The molecule has 0 aliphatic carbocycles. The van der Waals surface area contributed by atoms with Gasteiger partial charge in [0, 0.05) is 50.9 Å². The minimum absolute atomic E-state index is 0.0314. The normalized spacial score (nSPS) is 19.4. The lowest BCUT2D eigenvalue weighted by atomic mass is 10.1. The first-order valence-corrected chi connectivity index (χ1v) is 9.23. The molecule has 7 heteroatoms. The molecule has 1 aliphatic rings. The summed E-state index contributed by atoms with van der Waals surface area (Å²) in [5.41, 5.74) is 0.998. The summed E-state index contributed by atoms with van der Waals surface area (Å²) in [6.07, 6.45) is 0.592. The van der Waals surface area contributed by atoms with Crippen molar-refractivity contribution in [2.75, 3.05) is 26.2 Å². The van der Waals surface area contributed by atoms with Crippen LogP contribution in [0.3, 0.4) is 0 Å². The van der Waals surface area contributed by atoms with Crippen molar-refractivity contribution < 1.29 is 18.3 Å². The van der Waals surface area contributed by atoms with E-state index in [0.29, 0.717) is 19.5 Å². The van der Waals surface area contributed by atoms with Crippen LogP contribution >= 0.6 is 11.3 Å². The molecular formula is C18H21F3N2OS. The number of rotatable bonds is 6. The molecule has 3 nitrogen and oxygen atoms in total. The average Bonchev–Trinajstić information content (AvgIpc) is 3.11. The monoisotopic (exact) mass is 370 g/mol. The lowest BCUT2D eigenvalue weighted by Gasteiger charge is -2.41. The fourth-order valence-electron chi connectivity index (χ4n) is 3.29. The van der Waals surface area contributed by atoms with Gasteiger partial charge in [0.25, 0.3) is 0 Å². The fourth-order valence-corrected chi connectivity index (χ4v) is 3.95. The Morgan fingerprint density at radius 3 is 2.60 bits per heavy atom. The zero-order valence-corrected chi connectivity index (χ0v) is 14.6. The van der Waals surface area contributed by atoms with E-state index in [1.807, 2.05) is 10.3 Å². The summed E-state index contributed by atoms with van der Waals surface area (Å²) in [5.74, 6) is -2.86. The summed E-state index contributed by atoms with van der Waals surface area (Å²) in [5, 5.41) is 13.5. The van der Waals surface area contributed by atoms with Crippen LogP contribution in [0.25, 0.3) is 0 Å². The van der Waals surface area contributed by atoms with E-state index in [4.69, 9.17) is 0 Å². The molecule has 0 radical (unpaired) electrons. The number of halogens is 3. The topological polar surface area (TPSA) is 26.7 Å². The number of piperazine rings is 1. The van der Waals surface area contributed by atoms with E-state index in [0.717, 1.165) is 25.2 Å². The molecule has 1 aromatic carbocycles. The Morgan fingerprint density at radius 2 is 1.88 bits per heavy atom. The summed E-state index contributed by atoms with van der Waals surface area (Å²) in [6, 6.07) is 3.94. The number of thiophene rings is 1. The van der Waals surface area contributed by atoms with Gasteiger partial charge in [-0.15, -0.1) is 0 Å². The van der Waals surface area contributed by atoms with Gasteiger partial charge >= 0.3 is 0 Å². The van der Waals surface area contributed by atoms with Gasteiger partial charge in [-0.05, 0) is 40.9 Å². The number of nitrogens with zero attached hydrogens (tertiary/aromatic N) is 2. The van der Waals surface area contributed by atoms with Gasteiger partial charge in [0.2, 0.25) is 0 Å². The van der Waals surface area contributed by atoms with Crippen LogP contribution in [0.5, 0.6) is 0 Å². The van der Waals surface area contributed by atoms with Crippen molar-refractivity contribution in [3.05, 3.63) is 57.5 Å². The van der Waals surface area contributed by atoms with Crippen LogP contribution in [0.4, 0.5) is 13.2 Å². The molecule has 1 aliphatic heterocycles. The molecule has 1 fully saturated rings. The summed E-state index contributed by atoms with van der Waals surface area (Å²) >= 11 is 1.64. The highest BCUT2D eigenvalue weighted by Gasteiger charge is 2.28. The van der Waals surface area contributed by atoms with Gasteiger partial charge in [0.05, 0.1) is 0 Å². The first kappa shape index (κ1) is 18.4. The Hall–Kier alpha value is -1.41. The maximum Gasteiger partial charge on any atom is 0.166 e. The molecular weight excluding hydrogens is 349 g/mol. The first-order valence-electron chi connectivity index (χ1n) is 8.29. The Morgan fingerprint density at radius 1 is 1.08 bits per heavy atom. The molecule has 25 heavy (non-hydrogen) atoms. The lowest BCUT2D eigenvalue weighted by Crippen LogP contribution is -2.52. The summed E-state index contributed by atoms with van der Waals surface area (Å²) in [7, 11) is 0. The number of aliphatic hydroxyl groups is 1. The Balaban J connectivity index is 1.68. The molecule has 0 spiro atoms. The fraction of sp³-hybridized carbons (Fsp3) is 0.444. The lowest BCUT2D eigenvalue weighted by molar-refractivity contribution is 0.0489. The smallest absolute Gasteiger partial charge is 0.166 e. The Kier molecular flexibility index (Phi) is 6.11. The highest BCUT2D eigenvalue weighted by atomic mass is 32.1. The molecule has 1 atom stereocenters. The van der Waals surface area contributed by atoms with Crippen molar-refractivity contribution in [2.24, 2.45) is 0 Å². The molecule has 3 rings (SSSR count). The van der Waals surface area contributed by atoms with Crippen LogP contribution in [-0.4, -0.2) is 47.2 Å². The van der Waals surface area contributed by atoms with Crippen molar-refractivity contribution in [1.82, 2.24) is 9.80 Å². The number of hydrogen-bond donors (Lipinski definition) is 1. The second kappa shape index (κ2) is 8.31. The van der Waals surface area contributed by atoms with Gasteiger partial charge in [-0.1, -0.05) is 0 Å². The van der Waals surface area contributed by atoms with E-state index < -0.39 is 17.5 Å². The predicted molar refractivity (Wildman–Crippen MR) is 91.8 cm³/mol. The predicted octanol–water partition coefficient (Wildman–Crippen LogP) is 3.23. The molecule has 136 valence electrons. The van der Waals surface area contributed by atoms with Gasteiger partial charge < -0.3 is 5.11 Å². The van der Waals surface area contributed by atoms with Crippen LogP contribution in [0.1, 0.15) is 17.5 Å². The van der Waals surface area contributed by atoms with E-state index in [-0.39, 0.29) is 24.8 Å². The molecule has 2 aromatic rings. The van der Waals surface area contributed by atoms with Gasteiger partial charge in [-0.3, -0.25) is 9.80 Å². The summed E-state index contributed by atoms with van der Waals surface area (Å²) in [4.78, 5) is 4.21. The highest BCUT2D eigenvalue weighted by molar-refractivity contribution is 7.07. The Bertz CT molecular complexity index is 696. The van der Waals surface area contributed by atoms with E-state index in [9.17, 15) is 18.3 Å². The molecule has 0 bridgehead atoms.